The van der Waals surface area contributed by atoms with Crippen molar-refractivity contribution in [3.63, 3.8) is 0 Å². The van der Waals surface area contributed by atoms with Crippen molar-refractivity contribution in [1.82, 2.24) is 0 Å². The Morgan fingerprint density at radius 3 is 2.13 bits per heavy atom. The van der Waals surface area contributed by atoms with E-state index in [-0.39, 0.29) is 25.4 Å². The van der Waals surface area contributed by atoms with Crippen molar-refractivity contribution in [1.29, 1.82) is 0 Å². The zero-order valence-corrected chi connectivity index (χ0v) is 19.5. The molecule has 166 valence electrons. The maximum Gasteiger partial charge on any atom is 0.306 e. The van der Waals surface area contributed by atoms with Gasteiger partial charge in [0, 0.05) is 28.7 Å². The number of halogens is 1. The number of aryl methyl sites for hydroxylation is 2. The highest BCUT2D eigenvalue weighted by Gasteiger charge is 2.11. The topological polar surface area (TPSA) is 93.7 Å². The predicted octanol–water partition coefficient (Wildman–Crippen LogP) is 4.76. The van der Waals surface area contributed by atoms with Crippen LogP contribution in [0.5, 0.6) is 5.75 Å². The standard InChI is InChI=1S/C23H27BrN2O5/c1-4-30-19-10-8-17(9-11-19)25-20(27)6-5-7-22(29)31-14-21(28)26-18-12-15(2)23(24)16(3)13-18/h8-13H,4-7,14H2,1-3H3,(H,25,27)(H,26,28). The highest BCUT2D eigenvalue weighted by atomic mass is 79.9. The minimum absolute atomic E-state index is 0.0560. The number of anilines is 2. The SMILES string of the molecule is CCOc1ccc(NC(=O)CCCC(=O)OCC(=O)Nc2cc(C)c(Br)c(C)c2)cc1. The van der Waals surface area contributed by atoms with E-state index in [2.05, 4.69) is 26.6 Å². The highest BCUT2D eigenvalue weighted by molar-refractivity contribution is 9.10. The van der Waals surface area contributed by atoms with Gasteiger partial charge in [-0.3, -0.25) is 14.4 Å². The maximum absolute atomic E-state index is 12.0. The number of hydrogen-bond donors (Lipinski definition) is 2. The number of amides is 2. The van der Waals surface area contributed by atoms with Gasteiger partial charge in [-0.2, -0.15) is 0 Å². The first kappa shape index (κ1) is 24.4. The molecule has 0 fully saturated rings. The average Bonchev–Trinajstić information content (AvgIpc) is 2.72. The molecule has 0 bridgehead atoms. The smallest absolute Gasteiger partial charge is 0.306 e. The predicted molar refractivity (Wildman–Crippen MR) is 123 cm³/mol. The molecule has 0 atom stereocenters. The molecular weight excluding hydrogens is 464 g/mol. The van der Waals surface area contributed by atoms with Crippen molar-refractivity contribution in [3.8, 4) is 5.75 Å². The molecule has 0 aliphatic heterocycles. The first-order chi connectivity index (χ1) is 14.8. The number of ether oxygens (including phenoxy) is 2. The van der Waals surface area contributed by atoms with Gasteiger partial charge >= 0.3 is 5.97 Å². The van der Waals surface area contributed by atoms with Gasteiger partial charge in [0.15, 0.2) is 6.61 Å². The third-order valence-electron chi connectivity index (χ3n) is 4.32. The molecule has 2 N–H and O–H groups in total. The van der Waals surface area contributed by atoms with Crippen molar-refractivity contribution in [3.05, 3.63) is 52.0 Å². The molecule has 0 aliphatic rings. The molecule has 0 heterocycles. The molecule has 0 aromatic heterocycles. The summed E-state index contributed by atoms with van der Waals surface area (Å²) >= 11 is 3.47. The molecule has 0 unspecified atom stereocenters. The summed E-state index contributed by atoms with van der Waals surface area (Å²) in [5, 5.41) is 5.47. The van der Waals surface area contributed by atoms with E-state index in [1.165, 1.54) is 0 Å². The van der Waals surface area contributed by atoms with E-state index in [0.717, 1.165) is 21.3 Å². The number of carbonyl (C=O) groups excluding carboxylic acids is 3. The number of benzene rings is 2. The molecule has 8 heteroatoms. The molecule has 2 amide bonds. The quantitative estimate of drug-likeness (QED) is 0.468. The Morgan fingerprint density at radius 1 is 0.903 bits per heavy atom. The second-order valence-electron chi connectivity index (χ2n) is 6.99. The summed E-state index contributed by atoms with van der Waals surface area (Å²) in [7, 11) is 0. The second kappa shape index (κ2) is 12.1. The zero-order chi connectivity index (χ0) is 22.8. The van der Waals surface area contributed by atoms with Crippen molar-refractivity contribution in [2.75, 3.05) is 23.8 Å². The Hall–Kier alpha value is -2.87. The van der Waals surface area contributed by atoms with Crippen LogP contribution >= 0.6 is 15.9 Å². The van der Waals surface area contributed by atoms with Crippen LogP contribution in [0.15, 0.2) is 40.9 Å². The third kappa shape index (κ3) is 8.41. The lowest BCUT2D eigenvalue weighted by molar-refractivity contribution is -0.147. The van der Waals surface area contributed by atoms with Gasteiger partial charge in [-0.05, 0) is 74.7 Å². The molecule has 0 saturated heterocycles. The Bertz CT molecular complexity index is 905. The van der Waals surface area contributed by atoms with E-state index in [0.29, 0.717) is 24.4 Å². The lowest BCUT2D eigenvalue weighted by Gasteiger charge is -2.10. The normalized spacial score (nSPS) is 10.3. The third-order valence-corrected chi connectivity index (χ3v) is 5.57. The van der Waals surface area contributed by atoms with E-state index in [1.54, 1.807) is 24.3 Å². The summed E-state index contributed by atoms with van der Waals surface area (Å²) in [6, 6.07) is 10.7. The van der Waals surface area contributed by atoms with Crippen LogP contribution in [0.25, 0.3) is 0 Å². The lowest BCUT2D eigenvalue weighted by atomic mass is 10.1. The zero-order valence-electron chi connectivity index (χ0n) is 17.9. The van der Waals surface area contributed by atoms with Gasteiger partial charge < -0.3 is 20.1 Å². The monoisotopic (exact) mass is 490 g/mol. The summed E-state index contributed by atoms with van der Waals surface area (Å²) < 4.78 is 11.3. The van der Waals surface area contributed by atoms with Gasteiger partial charge in [-0.15, -0.1) is 0 Å². The Labute approximate surface area is 190 Å². The molecule has 2 aromatic rings. The van der Waals surface area contributed by atoms with Crippen molar-refractivity contribution in [2.45, 2.75) is 40.0 Å². The summed E-state index contributed by atoms with van der Waals surface area (Å²) in [5.74, 6) is -0.400. The van der Waals surface area contributed by atoms with Crippen LogP contribution in [-0.4, -0.2) is 31.0 Å². The molecule has 0 aliphatic carbocycles. The Kier molecular flexibility index (Phi) is 9.52. The van der Waals surface area contributed by atoms with E-state index in [4.69, 9.17) is 9.47 Å². The molecule has 2 aromatic carbocycles. The number of rotatable bonds is 10. The van der Waals surface area contributed by atoms with Crippen LogP contribution < -0.4 is 15.4 Å². The van der Waals surface area contributed by atoms with E-state index < -0.39 is 11.9 Å². The molecule has 31 heavy (non-hydrogen) atoms. The summed E-state index contributed by atoms with van der Waals surface area (Å²) in [6.07, 6.45) is 0.556. The van der Waals surface area contributed by atoms with Crippen molar-refractivity contribution in [2.24, 2.45) is 0 Å². The van der Waals surface area contributed by atoms with Crippen LogP contribution in [0.3, 0.4) is 0 Å². The summed E-state index contributed by atoms with van der Waals surface area (Å²) in [5.41, 5.74) is 3.29. The average molecular weight is 491 g/mol. The second-order valence-corrected chi connectivity index (χ2v) is 7.79. The number of nitrogens with one attached hydrogen (secondary N) is 2. The van der Waals surface area contributed by atoms with Crippen LogP contribution in [0, 0.1) is 13.8 Å². The molecule has 0 radical (unpaired) electrons. The van der Waals surface area contributed by atoms with E-state index in [9.17, 15) is 14.4 Å². The number of esters is 1. The number of hydrogen-bond acceptors (Lipinski definition) is 5. The van der Waals surface area contributed by atoms with Gasteiger partial charge in [-0.25, -0.2) is 0 Å². The molecule has 2 rings (SSSR count). The summed E-state index contributed by atoms with van der Waals surface area (Å²) in [6.45, 7) is 5.97. The van der Waals surface area contributed by atoms with Crippen molar-refractivity contribution >= 4 is 45.1 Å². The first-order valence-corrected chi connectivity index (χ1v) is 10.8. The molecular formula is C23H27BrN2O5. The molecule has 7 nitrogen and oxygen atoms in total. The Balaban J connectivity index is 1.66. The fraction of sp³-hybridized carbons (Fsp3) is 0.348. The lowest BCUT2D eigenvalue weighted by Crippen LogP contribution is -2.21. The fourth-order valence-corrected chi connectivity index (χ4v) is 3.08. The van der Waals surface area contributed by atoms with Gasteiger partial charge in [0.2, 0.25) is 5.91 Å². The first-order valence-electron chi connectivity index (χ1n) is 10.0. The summed E-state index contributed by atoms with van der Waals surface area (Å²) in [4.78, 5) is 35.8. The molecule has 0 saturated carbocycles. The largest absolute Gasteiger partial charge is 0.494 e. The fourth-order valence-electron chi connectivity index (χ4n) is 2.85. The molecule has 0 spiro atoms. The highest BCUT2D eigenvalue weighted by Crippen LogP contribution is 2.25. The van der Waals surface area contributed by atoms with Gasteiger partial charge in [-0.1, -0.05) is 15.9 Å². The minimum atomic E-state index is -0.521. The van der Waals surface area contributed by atoms with E-state index >= 15 is 0 Å². The van der Waals surface area contributed by atoms with E-state index in [1.807, 2.05) is 32.9 Å². The van der Waals surface area contributed by atoms with Crippen LogP contribution in [0.2, 0.25) is 0 Å². The van der Waals surface area contributed by atoms with Gasteiger partial charge in [0.1, 0.15) is 5.75 Å². The number of carbonyl (C=O) groups is 3. The van der Waals surface area contributed by atoms with Crippen molar-refractivity contribution < 1.29 is 23.9 Å². The maximum atomic E-state index is 12.0. The van der Waals surface area contributed by atoms with Gasteiger partial charge in [0.05, 0.1) is 6.61 Å². The van der Waals surface area contributed by atoms with Crippen LogP contribution in [-0.2, 0) is 19.1 Å². The van der Waals surface area contributed by atoms with Crippen LogP contribution in [0.4, 0.5) is 11.4 Å². The van der Waals surface area contributed by atoms with Gasteiger partial charge in [0.25, 0.3) is 5.91 Å². The van der Waals surface area contributed by atoms with Crippen LogP contribution in [0.1, 0.15) is 37.3 Å². The minimum Gasteiger partial charge on any atom is -0.494 e. The Morgan fingerprint density at radius 2 is 1.52 bits per heavy atom.